The van der Waals surface area contributed by atoms with Crippen LogP contribution in [0.3, 0.4) is 0 Å². The number of carbonyl (C=O) groups excluding carboxylic acids is 2. The van der Waals surface area contributed by atoms with Crippen LogP contribution in [0.2, 0.25) is 0 Å². The van der Waals surface area contributed by atoms with Gasteiger partial charge in [-0.3, -0.25) is 4.79 Å². The fourth-order valence-corrected chi connectivity index (χ4v) is 2.69. The van der Waals surface area contributed by atoms with E-state index in [1.165, 1.54) is 13.0 Å². The fraction of sp³-hybridized carbons (Fsp3) is 0.333. The van der Waals surface area contributed by atoms with Crippen LogP contribution in [-0.4, -0.2) is 29.6 Å². The van der Waals surface area contributed by atoms with Gasteiger partial charge in [-0.1, -0.05) is 49.4 Å². The number of para-hydroxylation sites is 1. The van der Waals surface area contributed by atoms with E-state index in [2.05, 4.69) is 12.2 Å². The number of carbonyl (C=O) groups is 2. The summed E-state index contributed by atoms with van der Waals surface area (Å²) in [6.45, 7) is 5.74. The lowest BCUT2D eigenvalue weighted by molar-refractivity contribution is -0.129. The molecule has 0 heterocycles. The molecule has 0 saturated carbocycles. The molecule has 0 unspecified atom stereocenters. The molecule has 1 amide bonds. The Hall–Kier alpha value is -2.82. The van der Waals surface area contributed by atoms with Crippen molar-refractivity contribution in [2.24, 2.45) is 0 Å². The molecule has 0 aliphatic rings. The van der Waals surface area contributed by atoms with Crippen LogP contribution in [0.4, 0.5) is 0 Å². The topological polar surface area (TPSA) is 75.6 Å². The summed E-state index contributed by atoms with van der Waals surface area (Å²) >= 11 is 0. The Labute approximate surface area is 154 Å². The summed E-state index contributed by atoms with van der Waals surface area (Å²) in [7, 11) is 0. The standard InChI is InChI=1S/C21H25NO4/c1-4-16(17-10-6-5-7-11-17)13-22-20(24)15(3)26-21(25)18-12-8-9-14(2)19(18)23/h5-12,15-16,23H,4,13H2,1-3H3,(H,22,24)/t15-,16+/m0/s1. The number of rotatable bonds is 7. The number of esters is 1. The minimum Gasteiger partial charge on any atom is -0.507 e. The highest BCUT2D eigenvalue weighted by Crippen LogP contribution is 2.22. The molecule has 0 radical (unpaired) electrons. The van der Waals surface area contributed by atoms with Gasteiger partial charge in [-0.2, -0.15) is 0 Å². The van der Waals surface area contributed by atoms with Crippen LogP contribution < -0.4 is 5.32 Å². The number of phenols is 1. The number of ether oxygens (including phenoxy) is 1. The summed E-state index contributed by atoms with van der Waals surface area (Å²) in [5.74, 6) is -1.01. The van der Waals surface area contributed by atoms with E-state index in [0.29, 0.717) is 12.1 Å². The van der Waals surface area contributed by atoms with Gasteiger partial charge in [0, 0.05) is 12.5 Å². The summed E-state index contributed by atoms with van der Waals surface area (Å²) in [6, 6.07) is 14.8. The van der Waals surface area contributed by atoms with E-state index in [-0.39, 0.29) is 23.1 Å². The lowest BCUT2D eigenvalue weighted by atomic mass is 9.96. The number of aryl methyl sites for hydroxylation is 1. The molecule has 0 aliphatic carbocycles. The molecular formula is C21H25NO4. The molecule has 0 aliphatic heterocycles. The molecule has 2 rings (SSSR count). The Morgan fingerprint density at radius 2 is 1.81 bits per heavy atom. The molecule has 5 heteroatoms. The quantitative estimate of drug-likeness (QED) is 0.745. The van der Waals surface area contributed by atoms with Crippen LogP contribution in [0.1, 0.15) is 47.7 Å². The minimum atomic E-state index is -0.948. The molecule has 0 saturated heterocycles. The summed E-state index contributed by atoms with van der Waals surface area (Å²) in [5, 5.41) is 12.8. The van der Waals surface area contributed by atoms with Gasteiger partial charge in [-0.25, -0.2) is 4.79 Å². The van der Waals surface area contributed by atoms with E-state index in [0.717, 1.165) is 12.0 Å². The number of amides is 1. The van der Waals surface area contributed by atoms with Crippen molar-refractivity contribution < 1.29 is 19.4 Å². The lowest BCUT2D eigenvalue weighted by Crippen LogP contribution is -2.38. The van der Waals surface area contributed by atoms with Gasteiger partial charge in [-0.15, -0.1) is 0 Å². The third-order valence-corrected chi connectivity index (χ3v) is 4.40. The SMILES string of the molecule is CC[C@H](CNC(=O)[C@H](C)OC(=O)c1cccc(C)c1O)c1ccccc1. The van der Waals surface area contributed by atoms with E-state index >= 15 is 0 Å². The van der Waals surface area contributed by atoms with E-state index in [4.69, 9.17) is 4.74 Å². The summed E-state index contributed by atoms with van der Waals surface area (Å²) in [4.78, 5) is 24.4. The molecule has 0 spiro atoms. The zero-order chi connectivity index (χ0) is 19.1. The maximum Gasteiger partial charge on any atom is 0.342 e. The van der Waals surface area contributed by atoms with Crippen molar-refractivity contribution in [3.05, 3.63) is 65.2 Å². The molecule has 2 aromatic rings. The van der Waals surface area contributed by atoms with Crippen LogP contribution >= 0.6 is 0 Å². The van der Waals surface area contributed by atoms with Gasteiger partial charge in [0.25, 0.3) is 5.91 Å². The first-order chi connectivity index (χ1) is 12.4. The highest BCUT2D eigenvalue weighted by molar-refractivity contribution is 5.94. The van der Waals surface area contributed by atoms with Gasteiger partial charge in [-0.05, 0) is 37.5 Å². The average Bonchev–Trinajstić information content (AvgIpc) is 2.65. The molecule has 2 aromatic carbocycles. The highest BCUT2D eigenvalue weighted by atomic mass is 16.5. The Morgan fingerprint density at radius 1 is 1.12 bits per heavy atom. The van der Waals surface area contributed by atoms with Crippen molar-refractivity contribution in [1.82, 2.24) is 5.32 Å². The predicted octanol–water partition coefficient (Wildman–Crippen LogP) is 3.56. The number of nitrogens with one attached hydrogen (secondary N) is 1. The van der Waals surface area contributed by atoms with Crippen molar-refractivity contribution in [2.45, 2.75) is 39.2 Å². The van der Waals surface area contributed by atoms with Crippen molar-refractivity contribution >= 4 is 11.9 Å². The van der Waals surface area contributed by atoms with Crippen LogP contribution in [0.15, 0.2) is 48.5 Å². The number of hydrogen-bond donors (Lipinski definition) is 2. The number of aromatic hydroxyl groups is 1. The third kappa shape index (κ3) is 4.85. The van der Waals surface area contributed by atoms with Gasteiger partial charge in [0.2, 0.25) is 0 Å². The zero-order valence-corrected chi connectivity index (χ0v) is 15.4. The second-order valence-corrected chi connectivity index (χ2v) is 6.28. The molecule has 0 aromatic heterocycles. The van der Waals surface area contributed by atoms with Gasteiger partial charge < -0.3 is 15.2 Å². The minimum absolute atomic E-state index is 0.0559. The van der Waals surface area contributed by atoms with Gasteiger partial charge >= 0.3 is 5.97 Å². The van der Waals surface area contributed by atoms with Crippen LogP contribution in [0.25, 0.3) is 0 Å². The second-order valence-electron chi connectivity index (χ2n) is 6.28. The maximum atomic E-state index is 12.3. The first-order valence-corrected chi connectivity index (χ1v) is 8.76. The van der Waals surface area contributed by atoms with E-state index in [1.54, 1.807) is 19.1 Å². The second kappa shape index (κ2) is 9.04. The van der Waals surface area contributed by atoms with Crippen LogP contribution in [0, 0.1) is 6.92 Å². The molecule has 2 N–H and O–H groups in total. The predicted molar refractivity (Wildman–Crippen MR) is 100 cm³/mol. The smallest absolute Gasteiger partial charge is 0.342 e. The summed E-state index contributed by atoms with van der Waals surface area (Å²) < 4.78 is 5.19. The molecular weight excluding hydrogens is 330 g/mol. The molecule has 0 fully saturated rings. The molecule has 5 nitrogen and oxygen atoms in total. The van der Waals surface area contributed by atoms with Crippen LogP contribution in [0.5, 0.6) is 5.75 Å². The van der Waals surface area contributed by atoms with Crippen LogP contribution in [-0.2, 0) is 9.53 Å². The van der Waals surface area contributed by atoms with Gasteiger partial charge in [0.05, 0.1) is 0 Å². The van der Waals surface area contributed by atoms with Crippen molar-refractivity contribution in [1.29, 1.82) is 0 Å². The molecule has 138 valence electrons. The number of benzene rings is 2. The monoisotopic (exact) mass is 355 g/mol. The molecule has 0 bridgehead atoms. The largest absolute Gasteiger partial charge is 0.507 e. The fourth-order valence-electron chi connectivity index (χ4n) is 2.69. The number of phenolic OH excluding ortho intramolecular Hbond substituents is 1. The Bertz CT molecular complexity index is 758. The Kier molecular flexibility index (Phi) is 6.78. The number of hydrogen-bond acceptors (Lipinski definition) is 4. The lowest BCUT2D eigenvalue weighted by Gasteiger charge is -2.19. The molecule has 26 heavy (non-hydrogen) atoms. The van der Waals surface area contributed by atoms with Crippen molar-refractivity contribution in [3.8, 4) is 5.75 Å². The summed E-state index contributed by atoms with van der Waals surface area (Å²) in [6.07, 6.45) is -0.0639. The highest BCUT2D eigenvalue weighted by Gasteiger charge is 2.22. The Morgan fingerprint density at radius 3 is 2.46 bits per heavy atom. The van der Waals surface area contributed by atoms with Crippen molar-refractivity contribution in [3.63, 3.8) is 0 Å². The Balaban J connectivity index is 1.93. The van der Waals surface area contributed by atoms with E-state index in [1.807, 2.05) is 30.3 Å². The first kappa shape index (κ1) is 19.5. The van der Waals surface area contributed by atoms with Gasteiger partial charge in [0.15, 0.2) is 6.10 Å². The zero-order valence-electron chi connectivity index (χ0n) is 15.4. The third-order valence-electron chi connectivity index (χ3n) is 4.40. The maximum absolute atomic E-state index is 12.3. The van der Waals surface area contributed by atoms with Crippen molar-refractivity contribution in [2.75, 3.05) is 6.54 Å². The summed E-state index contributed by atoms with van der Waals surface area (Å²) in [5.41, 5.74) is 1.79. The van der Waals surface area contributed by atoms with E-state index < -0.39 is 12.1 Å². The first-order valence-electron chi connectivity index (χ1n) is 8.76. The molecule has 2 atom stereocenters. The van der Waals surface area contributed by atoms with E-state index in [9.17, 15) is 14.7 Å². The average molecular weight is 355 g/mol. The van der Waals surface area contributed by atoms with Gasteiger partial charge in [0.1, 0.15) is 11.3 Å². The normalized spacial score (nSPS) is 12.9.